The minimum Gasteiger partial charge on any atom is -0.461 e. The Morgan fingerprint density at radius 2 is 2.47 bits per heavy atom. The molecule has 1 aliphatic rings. The molecule has 1 N–H and O–H groups in total. The van der Waals surface area contributed by atoms with Crippen LogP contribution in [0.15, 0.2) is 0 Å². The van der Waals surface area contributed by atoms with Crippen LogP contribution in [0.25, 0.3) is 0 Å². The van der Waals surface area contributed by atoms with E-state index in [1.165, 1.54) is 17.8 Å². The molecule has 0 aromatic carbocycles. The van der Waals surface area contributed by atoms with E-state index in [-0.39, 0.29) is 5.97 Å². The second-order valence-corrected chi connectivity index (χ2v) is 5.81. The zero-order chi connectivity index (χ0) is 13.7. The number of nitrogens with zero attached hydrogens (tertiary/aromatic N) is 1. The Morgan fingerprint density at radius 3 is 3.16 bits per heavy atom. The van der Waals surface area contributed by atoms with E-state index in [4.69, 9.17) is 9.47 Å². The predicted octanol–water partition coefficient (Wildman–Crippen LogP) is 2.47. The van der Waals surface area contributed by atoms with Gasteiger partial charge >= 0.3 is 5.97 Å². The smallest absolute Gasteiger partial charge is 0.358 e. The molecule has 2 rings (SSSR count). The molecule has 1 unspecified atom stereocenters. The van der Waals surface area contributed by atoms with Gasteiger partial charge in [-0.25, -0.2) is 9.78 Å². The van der Waals surface area contributed by atoms with Crippen molar-refractivity contribution < 1.29 is 14.3 Å². The van der Waals surface area contributed by atoms with Crippen LogP contribution in [0.2, 0.25) is 0 Å². The first kappa shape index (κ1) is 14.3. The molecule has 1 aromatic rings. The molecule has 1 atom stereocenters. The number of rotatable bonds is 5. The minimum absolute atomic E-state index is 0.342. The van der Waals surface area contributed by atoms with Gasteiger partial charge in [-0.3, -0.25) is 0 Å². The second-order valence-electron chi connectivity index (χ2n) is 4.61. The van der Waals surface area contributed by atoms with Crippen molar-refractivity contribution in [1.29, 1.82) is 0 Å². The molecule has 19 heavy (non-hydrogen) atoms. The highest BCUT2D eigenvalue weighted by Gasteiger charge is 2.18. The van der Waals surface area contributed by atoms with E-state index in [1.54, 1.807) is 6.92 Å². The highest BCUT2D eigenvalue weighted by molar-refractivity contribution is 7.15. The van der Waals surface area contributed by atoms with Crippen molar-refractivity contribution in [2.24, 2.45) is 5.92 Å². The van der Waals surface area contributed by atoms with E-state index in [2.05, 4.69) is 10.3 Å². The number of ether oxygens (including phenoxy) is 2. The lowest BCUT2D eigenvalue weighted by Crippen LogP contribution is -2.24. The third-order valence-corrected chi connectivity index (χ3v) is 3.99. The molecule has 1 fully saturated rings. The van der Waals surface area contributed by atoms with Crippen LogP contribution in [0.4, 0.5) is 5.13 Å². The van der Waals surface area contributed by atoms with E-state index < -0.39 is 0 Å². The van der Waals surface area contributed by atoms with Gasteiger partial charge in [0.25, 0.3) is 0 Å². The van der Waals surface area contributed by atoms with Gasteiger partial charge in [0.1, 0.15) is 0 Å². The maximum absolute atomic E-state index is 11.7. The highest BCUT2D eigenvalue weighted by atomic mass is 32.1. The zero-order valence-corrected chi connectivity index (χ0v) is 12.2. The topological polar surface area (TPSA) is 60.5 Å². The van der Waals surface area contributed by atoms with Crippen LogP contribution in [0.5, 0.6) is 0 Å². The van der Waals surface area contributed by atoms with Gasteiger partial charge < -0.3 is 14.8 Å². The number of aromatic nitrogens is 1. The van der Waals surface area contributed by atoms with Crippen LogP contribution in [-0.2, 0) is 9.47 Å². The predicted molar refractivity (Wildman–Crippen MR) is 74.8 cm³/mol. The molecule has 0 spiro atoms. The monoisotopic (exact) mass is 284 g/mol. The third-order valence-electron chi connectivity index (χ3n) is 3.06. The van der Waals surface area contributed by atoms with Crippen LogP contribution in [0, 0.1) is 12.8 Å². The Kier molecular flexibility index (Phi) is 5.15. The summed E-state index contributed by atoms with van der Waals surface area (Å²) in [6.07, 6.45) is 2.30. The molecule has 6 heteroatoms. The Hall–Kier alpha value is -1.14. The molecular weight excluding hydrogens is 264 g/mol. The van der Waals surface area contributed by atoms with Gasteiger partial charge in [-0.1, -0.05) is 0 Å². The average Bonchev–Trinajstić information content (AvgIpc) is 2.79. The molecule has 1 saturated heterocycles. The first-order valence-electron chi connectivity index (χ1n) is 6.67. The van der Waals surface area contributed by atoms with E-state index in [9.17, 15) is 4.79 Å². The van der Waals surface area contributed by atoms with Crippen LogP contribution >= 0.6 is 11.3 Å². The number of carbonyl (C=O) groups is 1. The zero-order valence-electron chi connectivity index (χ0n) is 11.4. The largest absolute Gasteiger partial charge is 0.461 e. The van der Waals surface area contributed by atoms with Gasteiger partial charge in [0, 0.05) is 18.0 Å². The van der Waals surface area contributed by atoms with E-state index in [1.807, 2.05) is 6.92 Å². The second kappa shape index (κ2) is 6.86. The number of anilines is 1. The fourth-order valence-electron chi connectivity index (χ4n) is 2.06. The van der Waals surface area contributed by atoms with Crippen LogP contribution in [0.3, 0.4) is 0 Å². The maximum atomic E-state index is 11.7. The Labute approximate surface area is 117 Å². The lowest BCUT2D eigenvalue weighted by molar-refractivity contribution is 0.0519. The molecule has 0 saturated carbocycles. The molecule has 1 aromatic heterocycles. The van der Waals surface area contributed by atoms with Gasteiger partial charge in [-0.05, 0) is 32.6 Å². The summed E-state index contributed by atoms with van der Waals surface area (Å²) in [7, 11) is 0. The lowest BCUT2D eigenvalue weighted by Gasteiger charge is -2.21. The Balaban J connectivity index is 1.90. The highest BCUT2D eigenvalue weighted by Crippen LogP contribution is 2.23. The number of esters is 1. The number of hydrogen-bond donors (Lipinski definition) is 1. The standard InChI is InChI=1S/C13H20N2O3S/c1-3-18-12(16)11-9(2)19-13(15-11)14-7-10-5-4-6-17-8-10/h10H,3-8H2,1-2H3,(H,14,15). The molecule has 2 heterocycles. The lowest BCUT2D eigenvalue weighted by atomic mass is 10.0. The number of carbonyl (C=O) groups excluding carboxylic acids is 1. The molecule has 106 valence electrons. The number of nitrogens with one attached hydrogen (secondary N) is 1. The van der Waals surface area contributed by atoms with Gasteiger partial charge in [0.05, 0.1) is 13.2 Å². The molecule has 0 aliphatic carbocycles. The van der Waals surface area contributed by atoms with Crippen LogP contribution in [0.1, 0.15) is 35.1 Å². The van der Waals surface area contributed by atoms with Crippen molar-refractivity contribution in [3.63, 3.8) is 0 Å². The quantitative estimate of drug-likeness (QED) is 0.842. The van der Waals surface area contributed by atoms with Crippen molar-refractivity contribution in [1.82, 2.24) is 4.98 Å². The fourth-order valence-corrected chi connectivity index (χ4v) is 2.87. The molecule has 5 nitrogen and oxygen atoms in total. The normalized spacial score (nSPS) is 19.2. The summed E-state index contributed by atoms with van der Waals surface area (Å²) in [4.78, 5) is 16.9. The van der Waals surface area contributed by atoms with Gasteiger partial charge in [-0.15, -0.1) is 11.3 Å². The van der Waals surface area contributed by atoms with Gasteiger partial charge in [0.2, 0.25) is 0 Å². The van der Waals surface area contributed by atoms with E-state index in [0.29, 0.717) is 18.2 Å². The summed E-state index contributed by atoms with van der Waals surface area (Å²) in [6, 6.07) is 0. The summed E-state index contributed by atoms with van der Waals surface area (Å²) in [5, 5.41) is 4.08. The Bertz CT molecular complexity index is 428. The van der Waals surface area contributed by atoms with Gasteiger partial charge in [-0.2, -0.15) is 0 Å². The van der Waals surface area contributed by atoms with Gasteiger partial charge in [0.15, 0.2) is 10.8 Å². The number of hydrogen-bond acceptors (Lipinski definition) is 6. The van der Waals surface area contributed by atoms with E-state index in [0.717, 1.165) is 36.2 Å². The first-order chi connectivity index (χ1) is 9.20. The van der Waals surface area contributed by atoms with Crippen molar-refractivity contribution in [3.05, 3.63) is 10.6 Å². The number of thiazole rings is 1. The summed E-state index contributed by atoms with van der Waals surface area (Å²) >= 11 is 1.49. The third kappa shape index (κ3) is 3.91. The van der Waals surface area contributed by atoms with Crippen molar-refractivity contribution >= 4 is 22.4 Å². The molecule has 0 bridgehead atoms. The fraction of sp³-hybridized carbons (Fsp3) is 0.692. The molecular formula is C13H20N2O3S. The van der Waals surface area contributed by atoms with Crippen molar-refractivity contribution in [2.75, 3.05) is 31.7 Å². The number of aryl methyl sites for hydroxylation is 1. The molecule has 1 aliphatic heterocycles. The SMILES string of the molecule is CCOC(=O)c1nc(NCC2CCCOC2)sc1C. The Morgan fingerprint density at radius 1 is 1.63 bits per heavy atom. The summed E-state index contributed by atoms with van der Waals surface area (Å²) in [6.45, 7) is 6.58. The molecule has 0 amide bonds. The molecule has 0 radical (unpaired) electrons. The average molecular weight is 284 g/mol. The summed E-state index contributed by atoms with van der Waals surface area (Å²) < 4.78 is 10.4. The minimum atomic E-state index is -0.342. The van der Waals surface area contributed by atoms with Crippen LogP contribution < -0.4 is 5.32 Å². The van der Waals surface area contributed by atoms with Crippen molar-refractivity contribution in [2.45, 2.75) is 26.7 Å². The maximum Gasteiger partial charge on any atom is 0.358 e. The van der Waals surface area contributed by atoms with Crippen molar-refractivity contribution in [3.8, 4) is 0 Å². The van der Waals surface area contributed by atoms with Crippen LogP contribution in [-0.4, -0.2) is 37.3 Å². The summed E-state index contributed by atoms with van der Waals surface area (Å²) in [5.41, 5.74) is 0.425. The van der Waals surface area contributed by atoms with E-state index >= 15 is 0 Å². The summed E-state index contributed by atoms with van der Waals surface area (Å²) in [5.74, 6) is 0.189. The first-order valence-corrected chi connectivity index (χ1v) is 7.48.